The van der Waals surface area contributed by atoms with Gasteiger partial charge in [-0.15, -0.1) is 0 Å². The molecule has 0 unspecified atom stereocenters. The monoisotopic (exact) mass is 227 g/mol. The fourth-order valence-corrected chi connectivity index (χ4v) is 1.93. The van der Waals surface area contributed by atoms with Gasteiger partial charge in [-0.05, 0) is 6.42 Å². The molecule has 1 radical (unpaired) electrons. The number of hydrogen-bond donors (Lipinski definition) is 0. The lowest BCUT2D eigenvalue weighted by Crippen LogP contribution is -1.91. The van der Waals surface area contributed by atoms with Crippen LogP contribution in [0.15, 0.2) is 0 Å². The molecule has 0 atom stereocenters. The summed E-state index contributed by atoms with van der Waals surface area (Å²) in [7, 11) is 0. The normalized spacial score (nSPS) is 10.6. The van der Waals surface area contributed by atoms with Gasteiger partial charge in [0.25, 0.3) is 0 Å². The zero-order valence-electron chi connectivity index (χ0n) is 10.8. The Balaban J connectivity index is 2.90. The smallest absolute Gasteiger partial charge is 0.247 e. The van der Waals surface area contributed by atoms with E-state index in [4.69, 9.17) is 0 Å². The molecule has 0 aliphatic carbocycles. The summed E-state index contributed by atoms with van der Waals surface area (Å²) in [6.07, 6.45) is 14.0. The second-order valence-corrected chi connectivity index (χ2v) is 4.66. The fourth-order valence-electron chi connectivity index (χ4n) is 1.93. The lowest BCUT2D eigenvalue weighted by Gasteiger charge is -2.01. The Hall–Kier alpha value is -0.530. The van der Waals surface area contributed by atoms with Gasteiger partial charge in [-0.25, -0.2) is 9.90 Å². The summed E-state index contributed by atoms with van der Waals surface area (Å²) in [5.41, 5.74) is 0. The molecule has 0 spiro atoms. The van der Waals surface area contributed by atoms with Crippen LogP contribution in [0.3, 0.4) is 0 Å². The molecular weight excluding hydrogens is 200 g/mol. The molecule has 0 rings (SSSR count). The summed E-state index contributed by atoms with van der Waals surface area (Å²) in [5, 5.41) is 10.1. The van der Waals surface area contributed by atoms with E-state index in [-0.39, 0.29) is 6.42 Å². The van der Waals surface area contributed by atoms with Crippen LogP contribution in [0.25, 0.3) is 0 Å². The van der Waals surface area contributed by atoms with E-state index in [1.54, 1.807) is 0 Å². The second kappa shape index (κ2) is 12.5. The van der Waals surface area contributed by atoms with E-state index >= 15 is 0 Å². The Labute approximate surface area is 100 Å². The van der Waals surface area contributed by atoms with Gasteiger partial charge in [0.2, 0.25) is 0 Å². The van der Waals surface area contributed by atoms with E-state index in [2.05, 4.69) is 6.92 Å². The molecule has 0 heterocycles. The van der Waals surface area contributed by atoms with E-state index < -0.39 is 5.97 Å². The number of carbonyl (C=O) groups is 1. The molecule has 0 N–H and O–H groups in total. The van der Waals surface area contributed by atoms with E-state index in [0.717, 1.165) is 12.8 Å². The quantitative estimate of drug-likeness (QED) is 0.447. The van der Waals surface area contributed by atoms with Gasteiger partial charge in [0, 0.05) is 0 Å². The minimum atomic E-state index is -0.907. The second-order valence-electron chi connectivity index (χ2n) is 4.66. The van der Waals surface area contributed by atoms with Crippen molar-refractivity contribution in [2.24, 2.45) is 0 Å². The third-order valence-corrected chi connectivity index (χ3v) is 2.98. The van der Waals surface area contributed by atoms with Gasteiger partial charge < -0.3 is 0 Å². The highest BCUT2D eigenvalue weighted by Crippen LogP contribution is 2.11. The predicted molar refractivity (Wildman–Crippen MR) is 66.8 cm³/mol. The first-order valence-corrected chi connectivity index (χ1v) is 6.97. The van der Waals surface area contributed by atoms with Crippen LogP contribution in [-0.2, 0) is 9.90 Å². The van der Waals surface area contributed by atoms with Crippen molar-refractivity contribution in [1.29, 1.82) is 0 Å². The van der Waals surface area contributed by atoms with Crippen molar-refractivity contribution in [2.45, 2.75) is 84.0 Å². The molecule has 0 amide bonds. The van der Waals surface area contributed by atoms with Crippen molar-refractivity contribution >= 4 is 5.97 Å². The van der Waals surface area contributed by atoms with Crippen LogP contribution in [0.5, 0.6) is 0 Å². The molecule has 0 fully saturated rings. The molecule has 0 aromatic rings. The first kappa shape index (κ1) is 15.5. The van der Waals surface area contributed by atoms with Crippen molar-refractivity contribution in [3.8, 4) is 0 Å². The lowest BCUT2D eigenvalue weighted by atomic mass is 10.1. The van der Waals surface area contributed by atoms with Gasteiger partial charge in [-0.1, -0.05) is 71.1 Å². The molecule has 0 aliphatic rings. The van der Waals surface area contributed by atoms with Crippen molar-refractivity contribution in [3.63, 3.8) is 0 Å². The average molecular weight is 227 g/mol. The summed E-state index contributed by atoms with van der Waals surface area (Å²) in [6.45, 7) is 2.24. The summed E-state index contributed by atoms with van der Waals surface area (Å²) in [4.78, 5) is 10.1. The maximum absolute atomic E-state index is 10.1. The van der Waals surface area contributed by atoms with Crippen LogP contribution in [0.2, 0.25) is 0 Å². The van der Waals surface area contributed by atoms with Crippen LogP contribution < -0.4 is 0 Å². The number of hydrogen-bond acceptors (Lipinski definition) is 1. The van der Waals surface area contributed by atoms with E-state index in [9.17, 15) is 9.90 Å². The molecule has 16 heavy (non-hydrogen) atoms. The van der Waals surface area contributed by atoms with Gasteiger partial charge in [-0.2, -0.15) is 0 Å². The van der Waals surface area contributed by atoms with Gasteiger partial charge >= 0.3 is 5.97 Å². The van der Waals surface area contributed by atoms with Crippen LogP contribution in [0, 0.1) is 0 Å². The standard InChI is InChI=1S/C14H27O2/c1-2-3-4-5-6-7-8-9-10-11-12-13-14(15)16/h2-13H2,1H3. The highest BCUT2D eigenvalue weighted by Gasteiger charge is 1.98. The largest absolute Gasteiger partial charge is 0.355 e. The molecule has 0 bridgehead atoms. The number of unbranched alkanes of at least 4 members (excludes halogenated alkanes) is 10. The van der Waals surface area contributed by atoms with Gasteiger partial charge in [0.05, 0.1) is 6.42 Å². The van der Waals surface area contributed by atoms with Crippen LogP contribution in [0.1, 0.15) is 84.0 Å². The highest BCUT2D eigenvalue weighted by atomic mass is 16.4. The molecule has 0 saturated carbocycles. The Morgan fingerprint density at radius 2 is 1.06 bits per heavy atom. The topological polar surface area (TPSA) is 37.0 Å². The average Bonchev–Trinajstić information content (AvgIpc) is 2.25. The summed E-state index contributed by atoms with van der Waals surface area (Å²) in [5.74, 6) is -0.907. The van der Waals surface area contributed by atoms with Crippen molar-refractivity contribution in [1.82, 2.24) is 0 Å². The van der Waals surface area contributed by atoms with Gasteiger partial charge in [0.15, 0.2) is 0 Å². The van der Waals surface area contributed by atoms with E-state index in [1.165, 1.54) is 57.8 Å². The zero-order valence-corrected chi connectivity index (χ0v) is 10.8. The number of rotatable bonds is 12. The molecule has 95 valence electrons. The molecular formula is C14H27O2. The maximum Gasteiger partial charge on any atom is 0.355 e. The summed E-state index contributed by atoms with van der Waals surface area (Å²) in [6, 6.07) is 0. The third-order valence-electron chi connectivity index (χ3n) is 2.98. The minimum Gasteiger partial charge on any atom is -0.247 e. The molecule has 0 aromatic heterocycles. The van der Waals surface area contributed by atoms with Crippen molar-refractivity contribution < 1.29 is 9.90 Å². The van der Waals surface area contributed by atoms with Crippen LogP contribution in [0.4, 0.5) is 0 Å². The summed E-state index contributed by atoms with van der Waals surface area (Å²) < 4.78 is 0. The lowest BCUT2D eigenvalue weighted by molar-refractivity contribution is -0.143. The third kappa shape index (κ3) is 13.5. The van der Waals surface area contributed by atoms with Gasteiger partial charge in [0.1, 0.15) is 0 Å². The van der Waals surface area contributed by atoms with Gasteiger partial charge in [-0.3, -0.25) is 0 Å². The Bertz CT molecular complexity index is 155. The van der Waals surface area contributed by atoms with Crippen molar-refractivity contribution in [3.05, 3.63) is 0 Å². The Kier molecular flexibility index (Phi) is 12.1. The first-order valence-electron chi connectivity index (χ1n) is 6.97. The SMILES string of the molecule is CCCCCCCCCCCCCC([O])=O. The molecule has 0 saturated heterocycles. The van der Waals surface area contributed by atoms with Crippen molar-refractivity contribution in [2.75, 3.05) is 0 Å². The van der Waals surface area contributed by atoms with Crippen LogP contribution in [-0.4, -0.2) is 5.97 Å². The predicted octanol–water partition coefficient (Wildman–Crippen LogP) is 4.64. The highest BCUT2D eigenvalue weighted by molar-refractivity contribution is 5.66. The molecule has 0 aromatic carbocycles. The summed E-state index contributed by atoms with van der Waals surface area (Å²) >= 11 is 0. The minimum absolute atomic E-state index is 0.233. The Morgan fingerprint density at radius 1 is 0.688 bits per heavy atom. The Morgan fingerprint density at radius 3 is 1.44 bits per heavy atom. The van der Waals surface area contributed by atoms with Crippen LogP contribution >= 0.6 is 0 Å². The molecule has 0 aliphatic heterocycles. The first-order chi connectivity index (χ1) is 7.77. The number of carbonyl (C=O) groups excluding carboxylic acids is 1. The molecule has 2 nitrogen and oxygen atoms in total. The maximum atomic E-state index is 10.1. The van der Waals surface area contributed by atoms with E-state index in [0.29, 0.717) is 0 Å². The zero-order chi connectivity index (χ0) is 12.1. The van der Waals surface area contributed by atoms with E-state index in [1.807, 2.05) is 0 Å². The fraction of sp³-hybridized carbons (Fsp3) is 0.929. The molecule has 2 heteroatoms.